The van der Waals surface area contributed by atoms with Crippen molar-refractivity contribution in [3.05, 3.63) is 18.2 Å². The Morgan fingerprint density at radius 3 is 2.86 bits per heavy atom. The molecule has 120 valence electrons. The number of rotatable bonds is 5. The lowest BCUT2D eigenvalue weighted by atomic mass is 10.1. The molecule has 1 aliphatic heterocycles. The van der Waals surface area contributed by atoms with E-state index in [1.807, 2.05) is 18.4 Å². The third-order valence-electron chi connectivity index (χ3n) is 4.33. The maximum Gasteiger partial charge on any atom is 0.244 e. The van der Waals surface area contributed by atoms with Crippen LogP contribution in [0, 0.1) is 11.8 Å². The number of aromatic nitrogens is 2. The minimum atomic E-state index is -0.360. The third kappa shape index (κ3) is 3.31. The van der Waals surface area contributed by atoms with Crippen LogP contribution in [0.25, 0.3) is 0 Å². The number of nitrogens with one attached hydrogen (secondary N) is 1. The van der Waals surface area contributed by atoms with Crippen LogP contribution in [-0.4, -0.2) is 39.4 Å². The zero-order valence-electron chi connectivity index (χ0n) is 13.3. The summed E-state index contributed by atoms with van der Waals surface area (Å²) in [6.07, 6.45) is 6.38. The van der Waals surface area contributed by atoms with Gasteiger partial charge in [0, 0.05) is 19.2 Å². The Morgan fingerprint density at radius 1 is 1.41 bits per heavy atom. The number of carbonyl (C=O) groups excluding carboxylic acids is 2. The summed E-state index contributed by atoms with van der Waals surface area (Å²) in [4.78, 5) is 30.8. The first-order valence-corrected chi connectivity index (χ1v) is 8.10. The van der Waals surface area contributed by atoms with Gasteiger partial charge in [-0.2, -0.15) is 0 Å². The van der Waals surface area contributed by atoms with Crippen molar-refractivity contribution in [2.75, 3.05) is 13.1 Å². The van der Waals surface area contributed by atoms with Gasteiger partial charge in [-0.25, -0.2) is 4.98 Å². The molecule has 1 fully saturated rings. The monoisotopic (exact) mass is 304 g/mol. The zero-order chi connectivity index (χ0) is 15.7. The van der Waals surface area contributed by atoms with E-state index in [0.717, 1.165) is 12.2 Å². The number of nitrogens with zero attached hydrogens (tertiary/aromatic N) is 3. The fourth-order valence-corrected chi connectivity index (χ4v) is 2.85. The van der Waals surface area contributed by atoms with Gasteiger partial charge in [0.25, 0.3) is 0 Å². The molecule has 1 aliphatic carbocycles. The van der Waals surface area contributed by atoms with Crippen molar-refractivity contribution in [2.45, 2.75) is 45.7 Å². The van der Waals surface area contributed by atoms with Crippen molar-refractivity contribution in [3.8, 4) is 0 Å². The van der Waals surface area contributed by atoms with Crippen molar-refractivity contribution in [2.24, 2.45) is 11.8 Å². The van der Waals surface area contributed by atoms with Crippen LogP contribution >= 0.6 is 0 Å². The molecular weight excluding hydrogens is 280 g/mol. The molecular formula is C16H24N4O2. The lowest BCUT2D eigenvalue weighted by Crippen LogP contribution is -2.47. The highest BCUT2D eigenvalue weighted by Crippen LogP contribution is 2.28. The number of imidazole rings is 1. The average Bonchev–Trinajstić information content (AvgIpc) is 3.18. The molecule has 1 aromatic rings. The lowest BCUT2D eigenvalue weighted by molar-refractivity contribution is -0.136. The van der Waals surface area contributed by atoms with Crippen molar-refractivity contribution in [1.29, 1.82) is 0 Å². The maximum atomic E-state index is 12.5. The SMILES string of the molecule is CC(C)CC(=O)N1Cc2cncn2C(C(=O)NCC2CC2)C1. The fourth-order valence-electron chi connectivity index (χ4n) is 2.85. The number of amides is 2. The van der Waals surface area contributed by atoms with E-state index >= 15 is 0 Å². The second-order valence-electron chi connectivity index (χ2n) is 6.87. The Hall–Kier alpha value is -1.85. The van der Waals surface area contributed by atoms with Gasteiger partial charge in [0.2, 0.25) is 11.8 Å². The molecule has 0 bridgehead atoms. The van der Waals surface area contributed by atoms with E-state index < -0.39 is 0 Å². The van der Waals surface area contributed by atoms with Gasteiger partial charge in [-0.1, -0.05) is 13.8 Å². The van der Waals surface area contributed by atoms with Gasteiger partial charge in [0.05, 0.1) is 25.1 Å². The van der Waals surface area contributed by atoms with Crippen molar-refractivity contribution >= 4 is 11.8 Å². The van der Waals surface area contributed by atoms with E-state index in [1.165, 1.54) is 12.8 Å². The number of carbonyl (C=O) groups is 2. The molecule has 0 aromatic carbocycles. The van der Waals surface area contributed by atoms with Crippen LogP contribution < -0.4 is 5.32 Å². The summed E-state index contributed by atoms with van der Waals surface area (Å²) in [5, 5.41) is 3.02. The highest BCUT2D eigenvalue weighted by atomic mass is 16.2. The second kappa shape index (κ2) is 6.10. The topological polar surface area (TPSA) is 67.2 Å². The molecule has 1 aromatic heterocycles. The summed E-state index contributed by atoms with van der Waals surface area (Å²) in [7, 11) is 0. The first kappa shape index (κ1) is 15.1. The van der Waals surface area contributed by atoms with Gasteiger partial charge in [0.1, 0.15) is 6.04 Å². The molecule has 2 amide bonds. The Balaban J connectivity index is 1.71. The summed E-state index contributed by atoms with van der Waals surface area (Å²) in [5.74, 6) is 1.07. The van der Waals surface area contributed by atoms with Crippen LogP contribution in [-0.2, 0) is 16.1 Å². The highest BCUT2D eigenvalue weighted by Gasteiger charge is 2.33. The van der Waals surface area contributed by atoms with E-state index in [0.29, 0.717) is 31.3 Å². The quantitative estimate of drug-likeness (QED) is 0.892. The fraction of sp³-hybridized carbons (Fsp3) is 0.688. The van der Waals surface area contributed by atoms with Crippen LogP contribution in [0.1, 0.15) is 44.8 Å². The minimum Gasteiger partial charge on any atom is -0.354 e. The van der Waals surface area contributed by atoms with Crippen LogP contribution in [0.5, 0.6) is 0 Å². The van der Waals surface area contributed by atoms with Crippen LogP contribution in [0.15, 0.2) is 12.5 Å². The average molecular weight is 304 g/mol. The first-order valence-electron chi connectivity index (χ1n) is 8.10. The molecule has 3 rings (SSSR count). The van der Waals surface area contributed by atoms with Crippen molar-refractivity contribution < 1.29 is 9.59 Å². The van der Waals surface area contributed by atoms with Gasteiger partial charge >= 0.3 is 0 Å². The van der Waals surface area contributed by atoms with Gasteiger partial charge < -0.3 is 14.8 Å². The first-order chi connectivity index (χ1) is 10.5. The second-order valence-corrected chi connectivity index (χ2v) is 6.87. The summed E-state index contributed by atoms with van der Waals surface area (Å²) in [6.45, 7) is 5.79. The Morgan fingerprint density at radius 2 is 2.18 bits per heavy atom. The van der Waals surface area contributed by atoms with E-state index in [1.54, 1.807) is 17.4 Å². The predicted octanol–water partition coefficient (Wildman–Crippen LogP) is 1.34. The Bertz CT molecular complexity index is 562. The van der Waals surface area contributed by atoms with Gasteiger partial charge in [-0.05, 0) is 24.7 Å². The number of hydrogen-bond acceptors (Lipinski definition) is 3. The molecule has 0 saturated heterocycles. The molecule has 2 aliphatic rings. The van der Waals surface area contributed by atoms with Gasteiger partial charge in [-0.15, -0.1) is 0 Å². The molecule has 1 atom stereocenters. The minimum absolute atomic E-state index is 0.00630. The summed E-state index contributed by atoms with van der Waals surface area (Å²) < 4.78 is 1.90. The van der Waals surface area contributed by atoms with E-state index in [-0.39, 0.29) is 17.9 Å². The molecule has 2 heterocycles. The van der Waals surface area contributed by atoms with Crippen LogP contribution in [0.2, 0.25) is 0 Å². The Labute approximate surface area is 130 Å². The van der Waals surface area contributed by atoms with Crippen molar-refractivity contribution in [3.63, 3.8) is 0 Å². The lowest BCUT2D eigenvalue weighted by Gasteiger charge is -2.34. The van der Waals surface area contributed by atoms with Crippen molar-refractivity contribution in [1.82, 2.24) is 19.8 Å². The zero-order valence-corrected chi connectivity index (χ0v) is 13.3. The number of hydrogen-bond donors (Lipinski definition) is 1. The maximum absolute atomic E-state index is 12.5. The predicted molar refractivity (Wildman–Crippen MR) is 81.9 cm³/mol. The molecule has 22 heavy (non-hydrogen) atoms. The van der Waals surface area contributed by atoms with E-state index in [2.05, 4.69) is 10.3 Å². The molecule has 0 radical (unpaired) electrons. The normalized spacial score (nSPS) is 20.9. The highest BCUT2D eigenvalue weighted by molar-refractivity contribution is 5.83. The van der Waals surface area contributed by atoms with Gasteiger partial charge in [0.15, 0.2) is 0 Å². The smallest absolute Gasteiger partial charge is 0.244 e. The van der Waals surface area contributed by atoms with Gasteiger partial charge in [-0.3, -0.25) is 9.59 Å². The molecule has 1 unspecified atom stereocenters. The molecule has 6 nitrogen and oxygen atoms in total. The molecule has 1 N–H and O–H groups in total. The van der Waals surface area contributed by atoms with E-state index in [9.17, 15) is 9.59 Å². The van der Waals surface area contributed by atoms with Crippen LogP contribution in [0.4, 0.5) is 0 Å². The van der Waals surface area contributed by atoms with E-state index in [4.69, 9.17) is 0 Å². The Kier molecular flexibility index (Phi) is 4.18. The third-order valence-corrected chi connectivity index (χ3v) is 4.33. The standard InChI is InChI=1S/C16H24N4O2/c1-11(2)5-15(21)19-8-13-7-17-10-20(13)14(9-19)16(22)18-6-12-3-4-12/h7,10-12,14H,3-6,8-9H2,1-2H3,(H,18,22). The molecule has 0 spiro atoms. The summed E-state index contributed by atoms with van der Waals surface area (Å²) >= 11 is 0. The molecule has 1 saturated carbocycles. The summed E-state index contributed by atoms with van der Waals surface area (Å²) in [5.41, 5.74) is 0.926. The van der Waals surface area contributed by atoms with Crippen LogP contribution in [0.3, 0.4) is 0 Å². The summed E-state index contributed by atoms with van der Waals surface area (Å²) in [6, 6.07) is -0.360. The number of fused-ring (bicyclic) bond motifs is 1. The largest absolute Gasteiger partial charge is 0.354 e. The molecule has 6 heteroatoms.